The van der Waals surface area contributed by atoms with E-state index < -0.39 is 5.92 Å². The predicted molar refractivity (Wildman–Crippen MR) is 118 cm³/mol. The Hall–Kier alpha value is -3.59. The first-order valence-electron chi connectivity index (χ1n) is 10.6. The smallest absolute Gasteiger partial charge is 0.205 e. The van der Waals surface area contributed by atoms with E-state index in [1.165, 1.54) is 12.1 Å². The summed E-state index contributed by atoms with van der Waals surface area (Å²) in [4.78, 5) is 12.9. The number of ether oxygens (including phenoxy) is 2. The molecule has 0 saturated heterocycles. The van der Waals surface area contributed by atoms with Crippen molar-refractivity contribution in [3.05, 3.63) is 86.8 Å². The van der Waals surface area contributed by atoms with E-state index >= 15 is 0 Å². The number of nitrogens with two attached hydrogens (primary N) is 1. The average Bonchev–Trinajstić information content (AvgIpc) is 2.74. The molecular formula is C26H25FN2O3. The highest BCUT2D eigenvalue weighted by molar-refractivity contribution is 5.99. The summed E-state index contributed by atoms with van der Waals surface area (Å²) in [5.74, 6) is 0.326. The number of rotatable bonds is 4. The van der Waals surface area contributed by atoms with Gasteiger partial charge in [-0.25, -0.2) is 4.39 Å². The molecule has 0 amide bonds. The number of nitrogens with zero attached hydrogens (tertiary/aromatic N) is 1. The maximum Gasteiger partial charge on any atom is 0.205 e. The Kier molecular flexibility index (Phi) is 5.75. The van der Waals surface area contributed by atoms with Crippen LogP contribution in [0.5, 0.6) is 5.75 Å². The van der Waals surface area contributed by atoms with Gasteiger partial charge in [-0.2, -0.15) is 5.26 Å². The van der Waals surface area contributed by atoms with E-state index in [0.717, 1.165) is 27.8 Å². The zero-order chi connectivity index (χ0) is 23.0. The van der Waals surface area contributed by atoms with Crippen molar-refractivity contribution in [2.24, 2.45) is 5.73 Å². The van der Waals surface area contributed by atoms with E-state index in [0.29, 0.717) is 36.3 Å². The number of carbonyl (C=O) groups excluding carboxylic acids is 1. The van der Waals surface area contributed by atoms with Crippen molar-refractivity contribution in [3.8, 4) is 11.8 Å². The van der Waals surface area contributed by atoms with E-state index in [1.54, 1.807) is 12.1 Å². The van der Waals surface area contributed by atoms with Crippen LogP contribution in [0.4, 0.5) is 4.39 Å². The number of halogens is 1. The van der Waals surface area contributed by atoms with Gasteiger partial charge in [0.1, 0.15) is 35.6 Å². The number of hydrogen-bond donors (Lipinski definition) is 1. The lowest BCUT2D eigenvalue weighted by molar-refractivity contribution is -0.116. The Bertz CT molecular complexity index is 1200. The molecule has 1 aliphatic carbocycles. The minimum atomic E-state index is -0.554. The molecule has 2 aliphatic rings. The summed E-state index contributed by atoms with van der Waals surface area (Å²) < 4.78 is 24.8. The van der Waals surface area contributed by atoms with Gasteiger partial charge in [-0.15, -0.1) is 0 Å². The molecule has 5 nitrogen and oxygen atoms in total. The third-order valence-corrected chi connectivity index (χ3v) is 6.28. The van der Waals surface area contributed by atoms with Crippen LogP contribution in [0.25, 0.3) is 0 Å². The van der Waals surface area contributed by atoms with Crippen LogP contribution in [0.1, 0.15) is 53.0 Å². The summed E-state index contributed by atoms with van der Waals surface area (Å²) in [6.45, 7) is 6.24. The van der Waals surface area contributed by atoms with E-state index in [-0.39, 0.29) is 29.7 Å². The van der Waals surface area contributed by atoms with Crippen molar-refractivity contribution in [1.82, 2.24) is 0 Å². The van der Waals surface area contributed by atoms with Crippen LogP contribution >= 0.6 is 0 Å². The summed E-state index contributed by atoms with van der Waals surface area (Å²) in [6, 6.07) is 10.1. The Morgan fingerprint density at radius 2 is 1.91 bits per heavy atom. The van der Waals surface area contributed by atoms with Gasteiger partial charge in [0.2, 0.25) is 5.88 Å². The molecule has 0 aromatic heterocycles. The summed E-state index contributed by atoms with van der Waals surface area (Å²) >= 11 is 0. The maximum atomic E-state index is 13.2. The zero-order valence-corrected chi connectivity index (χ0v) is 18.4. The molecule has 164 valence electrons. The number of ketones is 1. The molecule has 6 heteroatoms. The number of benzene rings is 2. The van der Waals surface area contributed by atoms with Crippen LogP contribution < -0.4 is 10.5 Å². The third kappa shape index (κ3) is 3.75. The molecular weight excluding hydrogens is 407 g/mol. The highest BCUT2D eigenvalue weighted by Gasteiger charge is 2.39. The number of hydrogen-bond acceptors (Lipinski definition) is 5. The van der Waals surface area contributed by atoms with Gasteiger partial charge in [-0.3, -0.25) is 4.79 Å². The van der Waals surface area contributed by atoms with Gasteiger partial charge in [-0.1, -0.05) is 6.07 Å². The lowest BCUT2D eigenvalue weighted by Crippen LogP contribution is -2.28. The highest BCUT2D eigenvalue weighted by Crippen LogP contribution is 2.46. The van der Waals surface area contributed by atoms with Gasteiger partial charge in [0, 0.05) is 18.4 Å². The Morgan fingerprint density at radius 1 is 1.19 bits per heavy atom. The molecule has 4 rings (SSSR count). The second kappa shape index (κ2) is 8.51. The van der Waals surface area contributed by atoms with Crippen molar-refractivity contribution in [2.45, 2.75) is 52.6 Å². The Morgan fingerprint density at radius 3 is 2.59 bits per heavy atom. The normalized spacial score (nSPS) is 18.2. The Labute approximate surface area is 186 Å². The summed E-state index contributed by atoms with van der Waals surface area (Å²) in [5.41, 5.74) is 11.7. The number of aryl methyl sites for hydroxylation is 2. The van der Waals surface area contributed by atoms with Crippen molar-refractivity contribution in [2.75, 3.05) is 0 Å². The standard InChI is InChI=1S/C26H25FN2O3/c1-14-11-15(2)23(16(3)20(14)13-31-18-9-7-17(27)8-10-18)24-19(12-28)26(29)32-22-6-4-5-21(30)25(22)24/h7-11,24H,4-6,13,29H2,1-3H3/t24-/m1/s1. The number of Topliss-reactive ketones (excluding diaryl/α,β-unsaturated/α-hetero) is 1. The van der Waals surface area contributed by atoms with Gasteiger partial charge >= 0.3 is 0 Å². The van der Waals surface area contributed by atoms with Crippen molar-refractivity contribution in [3.63, 3.8) is 0 Å². The van der Waals surface area contributed by atoms with Crippen molar-refractivity contribution >= 4 is 5.78 Å². The van der Waals surface area contributed by atoms with Crippen molar-refractivity contribution < 1.29 is 18.7 Å². The van der Waals surface area contributed by atoms with Crippen LogP contribution in [0.15, 0.2) is 53.1 Å². The van der Waals surface area contributed by atoms with Crippen LogP contribution in [-0.4, -0.2) is 5.78 Å². The monoisotopic (exact) mass is 432 g/mol. The second-order valence-electron chi connectivity index (χ2n) is 8.31. The molecule has 0 saturated carbocycles. The second-order valence-corrected chi connectivity index (χ2v) is 8.31. The Balaban J connectivity index is 1.81. The van der Waals surface area contributed by atoms with E-state index in [4.69, 9.17) is 15.2 Å². The summed E-state index contributed by atoms with van der Waals surface area (Å²) in [7, 11) is 0. The van der Waals surface area contributed by atoms with Crippen LogP contribution in [0.2, 0.25) is 0 Å². The van der Waals surface area contributed by atoms with E-state index in [1.807, 2.05) is 26.8 Å². The molecule has 2 aromatic rings. The molecule has 0 fully saturated rings. The molecule has 1 aliphatic heterocycles. The summed E-state index contributed by atoms with van der Waals surface area (Å²) in [5, 5.41) is 9.89. The molecule has 0 bridgehead atoms. The van der Waals surface area contributed by atoms with Gasteiger partial charge in [0.15, 0.2) is 5.78 Å². The quantitative estimate of drug-likeness (QED) is 0.723. The van der Waals surface area contributed by atoms with Gasteiger partial charge in [0.25, 0.3) is 0 Å². The first-order valence-corrected chi connectivity index (χ1v) is 10.6. The highest BCUT2D eigenvalue weighted by atomic mass is 19.1. The number of allylic oxidation sites excluding steroid dienone is 3. The number of carbonyl (C=O) groups is 1. The molecule has 1 heterocycles. The largest absolute Gasteiger partial charge is 0.489 e. The minimum Gasteiger partial charge on any atom is -0.489 e. The van der Waals surface area contributed by atoms with Crippen molar-refractivity contribution in [1.29, 1.82) is 5.26 Å². The topological polar surface area (TPSA) is 85.3 Å². The minimum absolute atomic E-state index is 0.0000119. The molecule has 0 unspecified atom stereocenters. The van der Waals surface area contributed by atoms with Crippen LogP contribution in [0.3, 0.4) is 0 Å². The molecule has 32 heavy (non-hydrogen) atoms. The molecule has 0 spiro atoms. The zero-order valence-electron chi connectivity index (χ0n) is 18.4. The molecule has 1 atom stereocenters. The lowest BCUT2D eigenvalue weighted by Gasteiger charge is -2.33. The average molecular weight is 432 g/mol. The lowest BCUT2D eigenvalue weighted by atomic mass is 9.74. The predicted octanol–water partition coefficient (Wildman–Crippen LogP) is 5.14. The molecule has 2 aromatic carbocycles. The molecule has 0 radical (unpaired) electrons. The number of nitriles is 1. The fourth-order valence-corrected chi connectivity index (χ4v) is 4.74. The fourth-order valence-electron chi connectivity index (χ4n) is 4.74. The van der Waals surface area contributed by atoms with Gasteiger partial charge < -0.3 is 15.2 Å². The first kappa shape index (κ1) is 21.6. The SMILES string of the molecule is Cc1cc(C)c([C@H]2C(C#N)=C(N)OC3=C2C(=O)CCC3)c(C)c1COc1ccc(F)cc1. The van der Waals surface area contributed by atoms with Gasteiger partial charge in [0.05, 0.1) is 5.92 Å². The third-order valence-electron chi connectivity index (χ3n) is 6.28. The fraction of sp³-hybridized carbons (Fsp3) is 0.308. The van der Waals surface area contributed by atoms with E-state index in [9.17, 15) is 14.4 Å². The maximum absolute atomic E-state index is 13.2. The summed E-state index contributed by atoms with van der Waals surface area (Å²) in [6.07, 6.45) is 1.77. The van der Waals surface area contributed by atoms with Gasteiger partial charge in [-0.05, 0) is 79.3 Å². The van der Waals surface area contributed by atoms with Crippen LogP contribution in [-0.2, 0) is 16.1 Å². The molecule has 2 N–H and O–H groups in total. The van der Waals surface area contributed by atoms with Crippen LogP contribution in [0, 0.1) is 37.9 Å². The van der Waals surface area contributed by atoms with E-state index in [2.05, 4.69) is 6.07 Å². The first-order chi connectivity index (χ1) is 15.3.